The van der Waals surface area contributed by atoms with Crippen molar-refractivity contribution in [2.45, 2.75) is 32.2 Å². The molecule has 1 fully saturated rings. The van der Waals surface area contributed by atoms with Gasteiger partial charge in [0.1, 0.15) is 0 Å². The summed E-state index contributed by atoms with van der Waals surface area (Å²) in [4.78, 5) is 1.99. The van der Waals surface area contributed by atoms with Crippen molar-refractivity contribution < 1.29 is 0 Å². The van der Waals surface area contributed by atoms with Crippen LogP contribution in [0.4, 0.5) is 0 Å². The fraction of sp³-hybridized carbons (Fsp3) is 0.857. The number of nitrogens with two attached hydrogens (primary N) is 1. The second-order valence-electron chi connectivity index (χ2n) is 2.81. The van der Waals surface area contributed by atoms with Crippen LogP contribution in [0.15, 0.2) is 0 Å². The molecular formula is C7H15N3. The van der Waals surface area contributed by atoms with Crippen molar-refractivity contribution in [3.05, 3.63) is 0 Å². The molecule has 0 unspecified atom stereocenters. The van der Waals surface area contributed by atoms with Gasteiger partial charge in [-0.3, -0.25) is 5.41 Å². The highest BCUT2D eigenvalue weighted by Crippen LogP contribution is 2.26. The predicted molar refractivity (Wildman–Crippen MR) is 41.9 cm³/mol. The zero-order valence-electron chi connectivity index (χ0n) is 6.43. The van der Waals surface area contributed by atoms with E-state index in [2.05, 4.69) is 6.92 Å². The van der Waals surface area contributed by atoms with Gasteiger partial charge >= 0.3 is 0 Å². The van der Waals surface area contributed by atoms with Gasteiger partial charge in [-0.1, -0.05) is 6.92 Å². The van der Waals surface area contributed by atoms with Gasteiger partial charge in [0.15, 0.2) is 5.96 Å². The summed E-state index contributed by atoms with van der Waals surface area (Å²) in [5.74, 6) is 0.240. The summed E-state index contributed by atoms with van der Waals surface area (Å²) in [6.45, 7) is 3.05. The normalized spacial score (nSPS) is 16.9. The maximum absolute atomic E-state index is 7.23. The van der Waals surface area contributed by atoms with E-state index in [0.29, 0.717) is 6.04 Å². The Morgan fingerprint density at radius 2 is 2.30 bits per heavy atom. The van der Waals surface area contributed by atoms with E-state index in [1.165, 1.54) is 12.8 Å². The molecular weight excluding hydrogens is 126 g/mol. The lowest BCUT2D eigenvalue weighted by molar-refractivity contribution is 0.401. The first kappa shape index (κ1) is 7.38. The van der Waals surface area contributed by atoms with Crippen molar-refractivity contribution in [3.63, 3.8) is 0 Å². The molecule has 1 aliphatic carbocycles. The van der Waals surface area contributed by atoms with Crippen LogP contribution in [0.5, 0.6) is 0 Å². The van der Waals surface area contributed by atoms with E-state index < -0.39 is 0 Å². The zero-order chi connectivity index (χ0) is 7.56. The smallest absolute Gasteiger partial charge is 0.188 e. The predicted octanol–water partition coefficient (Wildman–Crippen LogP) is 0.754. The van der Waals surface area contributed by atoms with Crippen molar-refractivity contribution in [2.24, 2.45) is 5.73 Å². The Balaban J connectivity index is 2.34. The van der Waals surface area contributed by atoms with Gasteiger partial charge < -0.3 is 10.6 Å². The standard InChI is InChI=1S/C7H15N3/c1-2-5-10(7(8)9)6-3-4-6/h6H,2-5H2,1H3,(H3,8,9). The summed E-state index contributed by atoms with van der Waals surface area (Å²) in [7, 11) is 0. The van der Waals surface area contributed by atoms with E-state index in [-0.39, 0.29) is 5.96 Å². The fourth-order valence-electron chi connectivity index (χ4n) is 1.13. The Morgan fingerprint density at radius 1 is 1.70 bits per heavy atom. The molecule has 0 bridgehead atoms. The van der Waals surface area contributed by atoms with Crippen LogP contribution in [0, 0.1) is 5.41 Å². The molecule has 10 heavy (non-hydrogen) atoms. The Bertz CT molecular complexity index is 129. The largest absolute Gasteiger partial charge is 0.370 e. The summed E-state index contributed by atoms with van der Waals surface area (Å²) in [6.07, 6.45) is 3.52. The third-order valence-electron chi connectivity index (χ3n) is 1.76. The van der Waals surface area contributed by atoms with Crippen LogP contribution in [0.3, 0.4) is 0 Å². The van der Waals surface area contributed by atoms with E-state index in [4.69, 9.17) is 11.1 Å². The van der Waals surface area contributed by atoms with Crippen LogP contribution >= 0.6 is 0 Å². The van der Waals surface area contributed by atoms with E-state index in [1.807, 2.05) is 4.90 Å². The van der Waals surface area contributed by atoms with Gasteiger partial charge in [0, 0.05) is 12.6 Å². The summed E-state index contributed by atoms with van der Waals surface area (Å²) < 4.78 is 0. The quantitative estimate of drug-likeness (QED) is 0.450. The second kappa shape index (κ2) is 2.90. The third kappa shape index (κ3) is 1.62. The summed E-state index contributed by atoms with van der Waals surface area (Å²) in [5, 5.41) is 7.23. The molecule has 0 aliphatic heterocycles. The van der Waals surface area contributed by atoms with E-state index in [1.54, 1.807) is 0 Å². The van der Waals surface area contributed by atoms with Gasteiger partial charge in [0.25, 0.3) is 0 Å². The molecule has 3 heteroatoms. The molecule has 3 N–H and O–H groups in total. The van der Waals surface area contributed by atoms with Gasteiger partial charge in [-0.05, 0) is 19.3 Å². The first-order valence-corrected chi connectivity index (χ1v) is 3.86. The molecule has 0 spiro atoms. The molecule has 0 aromatic heterocycles. The first-order chi connectivity index (χ1) is 4.75. The van der Waals surface area contributed by atoms with Crippen LogP contribution in [-0.2, 0) is 0 Å². The van der Waals surface area contributed by atoms with Crippen molar-refractivity contribution in [3.8, 4) is 0 Å². The molecule has 0 aromatic carbocycles. The lowest BCUT2D eigenvalue weighted by Gasteiger charge is -2.20. The molecule has 0 aromatic rings. The summed E-state index contributed by atoms with van der Waals surface area (Å²) in [6, 6.07) is 0.595. The summed E-state index contributed by atoms with van der Waals surface area (Å²) >= 11 is 0. The minimum atomic E-state index is 0.240. The van der Waals surface area contributed by atoms with Gasteiger partial charge in [-0.15, -0.1) is 0 Å². The number of rotatable bonds is 3. The monoisotopic (exact) mass is 141 g/mol. The molecule has 0 saturated heterocycles. The van der Waals surface area contributed by atoms with Crippen LogP contribution < -0.4 is 5.73 Å². The number of guanidine groups is 1. The second-order valence-corrected chi connectivity index (χ2v) is 2.81. The first-order valence-electron chi connectivity index (χ1n) is 3.86. The molecule has 1 aliphatic rings. The maximum Gasteiger partial charge on any atom is 0.188 e. The Hall–Kier alpha value is -0.730. The van der Waals surface area contributed by atoms with Gasteiger partial charge in [-0.2, -0.15) is 0 Å². The molecule has 0 radical (unpaired) electrons. The van der Waals surface area contributed by atoms with Gasteiger partial charge in [-0.25, -0.2) is 0 Å². The Labute approximate surface area is 61.7 Å². The molecule has 3 nitrogen and oxygen atoms in total. The highest BCUT2D eigenvalue weighted by Gasteiger charge is 2.28. The lowest BCUT2D eigenvalue weighted by atomic mass is 10.4. The maximum atomic E-state index is 7.23. The zero-order valence-corrected chi connectivity index (χ0v) is 6.43. The van der Waals surface area contributed by atoms with Gasteiger partial charge in [0.05, 0.1) is 0 Å². The fourth-order valence-corrected chi connectivity index (χ4v) is 1.13. The number of hydrogen-bond donors (Lipinski definition) is 2. The van der Waals surface area contributed by atoms with Crippen LogP contribution in [0.2, 0.25) is 0 Å². The lowest BCUT2D eigenvalue weighted by Crippen LogP contribution is -2.38. The van der Waals surface area contributed by atoms with E-state index in [9.17, 15) is 0 Å². The van der Waals surface area contributed by atoms with Crippen molar-refractivity contribution >= 4 is 5.96 Å². The highest BCUT2D eigenvalue weighted by atomic mass is 15.3. The Morgan fingerprint density at radius 3 is 2.60 bits per heavy atom. The topological polar surface area (TPSA) is 53.1 Å². The molecule has 0 amide bonds. The van der Waals surface area contributed by atoms with E-state index >= 15 is 0 Å². The van der Waals surface area contributed by atoms with E-state index in [0.717, 1.165) is 13.0 Å². The molecule has 1 rings (SSSR count). The third-order valence-corrected chi connectivity index (χ3v) is 1.76. The molecule has 0 atom stereocenters. The van der Waals surface area contributed by atoms with Crippen LogP contribution in [-0.4, -0.2) is 23.4 Å². The number of nitrogens with one attached hydrogen (secondary N) is 1. The average Bonchev–Trinajstić information content (AvgIpc) is 2.63. The molecule has 1 saturated carbocycles. The van der Waals surface area contributed by atoms with Crippen molar-refractivity contribution in [2.75, 3.05) is 6.54 Å². The minimum Gasteiger partial charge on any atom is -0.370 e. The van der Waals surface area contributed by atoms with Crippen LogP contribution in [0.25, 0.3) is 0 Å². The number of hydrogen-bond acceptors (Lipinski definition) is 1. The number of nitrogens with zero attached hydrogens (tertiary/aromatic N) is 1. The molecule has 0 heterocycles. The highest BCUT2D eigenvalue weighted by molar-refractivity contribution is 5.75. The minimum absolute atomic E-state index is 0.240. The van der Waals surface area contributed by atoms with Crippen LogP contribution in [0.1, 0.15) is 26.2 Å². The van der Waals surface area contributed by atoms with Gasteiger partial charge in [0.2, 0.25) is 0 Å². The average molecular weight is 141 g/mol. The van der Waals surface area contributed by atoms with Crippen molar-refractivity contribution in [1.29, 1.82) is 5.41 Å². The Kier molecular flexibility index (Phi) is 2.14. The SMILES string of the molecule is CCCN(C(=N)N)C1CC1. The molecule has 58 valence electrons. The summed E-state index contributed by atoms with van der Waals surface area (Å²) in [5.41, 5.74) is 5.37. The van der Waals surface area contributed by atoms with Crippen molar-refractivity contribution in [1.82, 2.24) is 4.90 Å².